The fourth-order valence-electron chi connectivity index (χ4n) is 1.31. The van der Waals surface area contributed by atoms with Crippen molar-refractivity contribution in [3.05, 3.63) is 17.7 Å². The molecule has 1 N–H and O–H groups in total. The van der Waals surface area contributed by atoms with Crippen LogP contribution < -0.4 is 14.9 Å². The van der Waals surface area contributed by atoms with E-state index >= 15 is 0 Å². The van der Waals surface area contributed by atoms with E-state index in [-0.39, 0.29) is 6.42 Å². The third-order valence-corrected chi connectivity index (χ3v) is 2.02. The van der Waals surface area contributed by atoms with Gasteiger partial charge in [0.25, 0.3) is 0 Å². The molecular formula is C10H11BO4. The molecule has 1 rings (SSSR count). The second-order valence-electron chi connectivity index (χ2n) is 2.94. The number of methoxy groups -OCH3 is 2. The summed E-state index contributed by atoms with van der Waals surface area (Å²) in [6.45, 7) is 0. The summed E-state index contributed by atoms with van der Waals surface area (Å²) in [5.74, 6) is -0.0747. The van der Waals surface area contributed by atoms with Gasteiger partial charge in [-0.05, 0) is 17.1 Å². The molecular weight excluding hydrogens is 195 g/mol. The van der Waals surface area contributed by atoms with Crippen molar-refractivity contribution in [1.82, 2.24) is 0 Å². The average molecular weight is 206 g/mol. The van der Waals surface area contributed by atoms with E-state index in [4.69, 9.17) is 22.4 Å². The minimum absolute atomic E-state index is 0.133. The lowest BCUT2D eigenvalue weighted by Crippen LogP contribution is -2.17. The van der Waals surface area contributed by atoms with Gasteiger partial charge in [0.2, 0.25) is 0 Å². The number of carboxylic acid groups (broad SMARTS) is 1. The van der Waals surface area contributed by atoms with Gasteiger partial charge in [-0.15, -0.1) is 0 Å². The molecule has 0 amide bonds. The van der Waals surface area contributed by atoms with Crippen molar-refractivity contribution in [2.24, 2.45) is 0 Å². The van der Waals surface area contributed by atoms with Crippen LogP contribution in [0.5, 0.6) is 11.5 Å². The normalized spacial score (nSPS) is 9.73. The number of aliphatic carboxylic acids is 1. The predicted octanol–water partition coefficient (Wildman–Crippen LogP) is 0.125. The first kappa shape index (κ1) is 11.4. The zero-order valence-electron chi connectivity index (χ0n) is 8.61. The minimum Gasteiger partial charge on any atom is -0.493 e. The second kappa shape index (κ2) is 4.73. The van der Waals surface area contributed by atoms with Crippen molar-refractivity contribution in [2.75, 3.05) is 14.2 Å². The lowest BCUT2D eigenvalue weighted by Gasteiger charge is -2.13. The first-order valence-corrected chi connectivity index (χ1v) is 4.31. The van der Waals surface area contributed by atoms with Crippen LogP contribution in [0.15, 0.2) is 12.1 Å². The van der Waals surface area contributed by atoms with Crippen LogP contribution in [0.3, 0.4) is 0 Å². The summed E-state index contributed by atoms with van der Waals surface area (Å²) in [6, 6.07) is 3.25. The number of hydrogen-bond acceptors (Lipinski definition) is 3. The summed E-state index contributed by atoms with van der Waals surface area (Å²) in [6.07, 6.45) is -0.133. The second-order valence-corrected chi connectivity index (χ2v) is 2.94. The molecule has 0 aliphatic heterocycles. The highest BCUT2D eigenvalue weighted by Gasteiger charge is 2.12. The summed E-state index contributed by atoms with van der Waals surface area (Å²) in [4.78, 5) is 10.5. The maximum absolute atomic E-state index is 10.5. The zero-order valence-corrected chi connectivity index (χ0v) is 8.61. The third kappa shape index (κ3) is 2.43. The zero-order chi connectivity index (χ0) is 11.4. The van der Waals surface area contributed by atoms with E-state index in [0.717, 1.165) is 0 Å². The summed E-state index contributed by atoms with van der Waals surface area (Å²) < 4.78 is 10.1. The molecule has 0 aliphatic carbocycles. The van der Waals surface area contributed by atoms with Crippen LogP contribution >= 0.6 is 0 Å². The molecule has 0 atom stereocenters. The van der Waals surface area contributed by atoms with Crippen LogP contribution in [0.1, 0.15) is 5.56 Å². The topological polar surface area (TPSA) is 55.8 Å². The van der Waals surface area contributed by atoms with Crippen molar-refractivity contribution in [3.63, 3.8) is 0 Å². The van der Waals surface area contributed by atoms with E-state index in [2.05, 4.69) is 0 Å². The van der Waals surface area contributed by atoms with Crippen molar-refractivity contribution < 1.29 is 19.4 Å². The molecule has 0 spiro atoms. The Labute approximate surface area is 89.2 Å². The average Bonchev–Trinajstić information content (AvgIpc) is 2.20. The number of ether oxygens (including phenoxy) is 2. The van der Waals surface area contributed by atoms with E-state index in [1.807, 2.05) is 0 Å². The maximum Gasteiger partial charge on any atom is 0.307 e. The van der Waals surface area contributed by atoms with Gasteiger partial charge in [0.05, 0.1) is 20.6 Å². The van der Waals surface area contributed by atoms with E-state index in [9.17, 15) is 4.79 Å². The van der Waals surface area contributed by atoms with Gasteiger partial charge in [-0.25, -0.2) is 0 Å². The summed E-state index contributed by atoms with van der Waals surface area (Å²) in [5.41, 5.74) is 0.819. The highest BCUT2D eigenvalue weighted by molar-refractivity contribution is 6.35. The minimum atomic E-state index is -0.936. The Hall–Kier alpha value is -1.65. The Balaban J connectivity index is 3.16. The monoisotopic (exact) mass is 206 g/mol. The van der Waals surface area contributed by atoms with Gasteiger partial charge < -0.3 is 14.6 Å². The van der Waals surface area contributed by atoms with Gasteiger partial charge in [0.15, 0.2) is 11.5 Å². The Morgan fingerprint density at radius 2 is 2.07 bits per heavy atom. The molecule has 15 heavy (non-hydrogen) atoms. The van der Waals surface area contributed by atoms with Gasteiger partial charge >= 0.3 is 5.97 Å². The largest absolute Gasteiger partial charge is 0.493 e. The van der Waals surface area contributed by atoms with Gasteiger partial charge in [-0.1, -0.05) is 6.07 Å². The first-order valence-electron chi connectivity index (χ1n) is 4.31. The number of hydrogen-bond donors (Lipinski definition) is 1. The molecule has 1 aromatic rings. The van der Waals surface area contributed by atoms with Crippen molar-refractivity contribution >= 4 is 19.3 Å². The quantitative estimate of drug-likeness (QED) is 0.711. The lowest BCUT2D eigenvalue weighted by atomic mass is 9.87. The smallest absolute Gasteiger partial charge is 0.307 e. The molecule has 0 aromatic heterocycles. The number of carboxylic acids is 1. The van der Waals surface area contributed by atoms with Crippen LogP contribution in [-0.4, -0.2) is 33.1 Å². The summed E-state index contributed by atoms with van der Waals surface area (Å²) in [5, 5.41) is 8.65. The van der Waals surface area contributed by atoms with Crippen LogP contribution in [0.4, 0.5) is 0 Å². The molecule has 0 saturated heterocycles. The molecule has 4 nitrogen and oxygen atoms in total. The van der Waals surface area contributed by atoms with E-state index < -0.39 is 5.97 Å². The molecule has 5 heteroatoms. The highest BCUT2D eigenvalue weighted by Crippen LogP contribution is 2.24. The summed E-state index contributed by atoms with van der Waals surface area (Å²) >= 11 is 0. The van der Waals surface area contributed by atoms with Gasteiger partial charge in [-0.3, -0.25) is 4.79 Å². The van der Waals surface area contributed by atoms with Crippen LogP contribution in [-0.2, 0) is 11.2 Å². The maximum atomic E-state index is 10.5. The molecule has 2 radical (unpaired) electrons. The summed E-state index contributed by atoms with van der Waals surface area (Å²) in [7, 11) is 8.70. The van der Waals surface area contributed by atoms with Crippen molar-refractivity contribution in [3.8, 4) is 11.5 Å². The Bertz CT molecular complexity index is 376. The van der Waals surface area contributed by atoms with E-state index in [0.29, 0.717) is 22.5 Å². The van der Waals surface area contributed by atoms with E-state index in [1.54, 1.807) is 12.1 Å². The van der Waals surface area contributed by atoms with E-state index in [1.165, 1.54) is 14.2 Å². The highest BCUT2D eigenvalue weighted by atomic mass is 16.5. The SMILES string of the molecule is [B]c1c(CC(=O)O)ccc(OC)c1OC. The Morgan fingerprint density at radius 1 is 1.40 bits per heavy atom. The molecule has 0 unspecified atom stereocenters. The Morgan fingerprint density at radius 3 is 2.53 bits per heavy atom. The first-order chi connectivity index (χ1) is 7.10. The standard InChI is InChI=1S/C10H11BO4/c1-14-7-4-3-6(5-8(12)13)9(11)10(7)15-2/h3-4H,5H2,1-2H3,(H,12,13). The molecule has 0 aliphatic rings. The predicted molar refractivity (Wildman–Crippen MR) is 56.3 cm³/mol. The van der Waals surface area contributed by atoms with Crippen molar-refractivity contribution in [1.29, 1.82) is 0 Å². The molecule has 0 heterocycles. The number of benzene rings is 1. The lowest BCUT2D eigenvalue weighted by molar-refractivity contribution is -0.136. The fraction of sp³-hybridized carbons (Fsp3) is 0.300. The fourth-order valence-corrected chi connectivity index (χ4v) is 1.31. The van der Waals surface area contributed by atoms with Crippen LogP contribution in [0.2, 0.25) is 0 Å². The molecule has 0 bridgehead atoms. The molecule has 1 aromatic carbocycles. The number of rotatable bonds is 4. The van der Waals surface area contributed by atoms with Gasteiger partial charge in [0.1, 0.15) is 7.85 Å². The van der Waals surface area contributed by atoms with Gasteiger partial charge in [-0.2, -0.15) is 0 Å². The third-order valence-electron chi connectivity index (χ3n) is 2.02. The number of carbonyl (C=O) groups is 1. The molecule has 0 saturated carbocycles. The van der Waals surface area contributed by atoms with Crippen LogP contribution in [0.25, 0.3) is 0 Å². The van der Waals surface area contributed by atoms with Crippen molar-refractivity contribution in [2.45, 2.75) is 6.42 Å². The Kier molecular flexibility index (Phi) is 3.60. The van der Waals surface area contributed by atoms with Crippen LogP contribution in [0, 0.1) is 0 Å². The molecule has 0 fully saturated rings. The van der Waals surface area contributed by atoms with Gasteiger partial charge in [0, 0.05) is 0 Å². The molecule has 78 valence electrons.